The molecule has 1 fully saturated rings. The molecule has 0 saturated heterocycles. The number of amides is 1. The Balaban J connectivity index is 0.00000392. The van der Waals surface area contributed by atoms with E-state index in [1.807, 2.05) is 6.92 Å². The van der Waals surface area contributed by atoms with E-state index in [0.717, 1.165) is 25.7 Å². The minimum atomic E-state index is -3.87. The van der Waals surface area contributed by atoms with Gasteiger partial charge in [-0.15, -0.1) is 12.4 Å². The van der Waals surface area contributed by atoms with Gasteiger partial charge in [0.25, 0.3) is 0 Å². The maximum atomic E-state index is 12.5. The number of halogens is 1. The van der Waals surface area contributed by atoms with Gasteiger partial charge in [0.05, 0.1) is 30.2 Å². The molecule has 0 heterocycles. The highest BCUT2D eigenvalue weighted by Gasteiger charge is 2.34. The van der Waals surface area contributed by atoms with Crippen LogP contribution in [0.2, 0.25) is 0 Å². The standard InChI is InChI=1S/C18H29N3O5S.ClH/c1-3-25-15-8-7-14(11-16(15)26-4-2)27(23,24)20-12-17(22)21-18(13-19)9-5-6-10-18;/h7-8,11,20H,3-6,9-10,12-13,19H2,1-2H3,(H,21,22);1H. The van der Waals surface area contributed by atoms with Crippen LogP contribution >= 0.6 is 12.4 Å². The molecule has 0 spiro atoms. The van der Waals surface area contributed by atoms with Crippen molar-refractivity contribution in [2.24, 2.45) is 5.73 Å². The van der Waals surface area contributed by atoms with Crippen molar-refractivity contribution in [3.63, 3.8) is 0 Å². The predicted octanol–water partition coefficient (Wildman–Crippen LogP) is 1.57. The van der Waals surface area contributed by atoms with Gasteiger partial charge in [-0.3, -0.25) is 4.79 Å². The van der Waals surface area contributed by atoms with E-state index in [0.29, 0.717) is 31.3 Å². The summed E-state index contributed by atoms with van der Waals surface area (Å²) in [4.78, 5) is 12.2. The zero-order chi connectivity index (χ0) is 19.9. The molecule has 10 heteroatoms. The van der Waals surface area contributed by atoms with Gasteiger partial charge in [-0.05, 0) is 38.8 Å². The first-order valence-corrected chi connectivity index (χ1v) is 10.7. The van der Waals surface area contributed by atoms with Crippen LogP contribution in [-0.4, -0.2) is 46.2 Å². The topological polar surface area (TPSA) is 120 Å². The molecule has 4 N–H and O–H groups in total. The average Bonchev–Trinajstić information content (AvgIpc) is 3.11. The van der Waals surface area contributed by atoms with E-state index >= 15 is 0 Å². The maximum Gasteiger partial charge on any atom is 0.241 e. The molecule has 1 amide bonds. The number of carbonyl (C=O) groups excluding carboxylic acids is 1. The third kappa shape index (κ3) is 6.23. The summed E-state index contributed by atoms with van der Waals surface area (Å²) in [5.74, 6) is 0.434. The van der Waals surface area contributed by atoms with Crippen LogP contribution in [0.3, 0.4) is 0 Å². The average molecular weight is 436 g/mol. The van der Waals surface area contributed by atoms with E-state index in [9.17, 15) is 13.2 Å². The second kappa shape index (κ2) is 10.8. The maximum absolute atomic E-state index is 12.5. The van der Waals surface area contributed by atoms with Crippen molar-refractivity contribution in [1.82, 2.24) is 10.0 Å². The Morgan fingerprint density at radius 3 is 2.32 bits per heavy atom. The molecule has 0 bridgehead atoms. The largest absolute Gasteiger partial charge is 0.490 e. The number of hydrogen-bond acceptors (Lipinski definition) is 6. The number of nitrogens with one attached hydrogen (secondary N) is 2. The normalized spacial score (nSPS) is 15.5. The summed E-state index contributed by atoms with van der Waals surface area (Å²) >= 11 is 0. The van der Waals surface area contributed by atoms with Gasteiger partial charge in [0.15, 0.2) is 11.5 Å². The molecule has 1 aromatic rings. The summed E-state index contributed by atoms with van der Waals surface area (Å²) in [7, 11) is -3.87. The Morgan fingerprint density at radius 1 is 1.14 bits per heavy atom. The molecule has 0 radical (unpaired) electrons. The molecule has 0 aliphatic heterocycles. The van der Waals surface area contributed by atoms with Crippen molar-refractivity contribution >= 4 is 28.3 Å². The molecule has 2 rings (SSSR count). The van der Waals surface area contributed by atoms with Crippen LogP contribution in [-0.2, 0) is 14.8 Å². The van der Waals surface area contributed by atoms with Crippen molar-refractivity contribution in [2.45, 2.75) is 50.0 Å². The fourth-order valence-corrected chi connectivity index (χ4v) is 4.21. The molecule has 0 unspecified atom stereocenters. The van der Waals surface area contributed by atoms with Gasteiger partial charge >= 0.3 is 0 Å². The molecule has 1 aromatic carbocycles. The highest BCUT2D eigenvalue weighted by molar-refractivity contribution is 7.89. The van der Waals surface area contributed by atoms with Crippen LogP contribution < -0.4 is 25.2 Å². The third-order valence-corrected chi connectivity index (χ3v) is 6.00. The summed E-state index contributed by atoms with van der Waals surface area (Å²) < 4.78 is 38.3. The number of nitrogens with two attached hydrogens (primary N) is 1. The first-order valence-electron chi connectivity index (χ1n) is 9.26. The van der Waals surface area contributed by atoms with E-state index in [1.165, 1.54) is 12.1 Å². The minimum Gasteiger partial charge on any atom is -0.490 e. The van der Waals surface area contributed by atoms with Crippen molar-refractivity contribution in [1.29, 1.82) is 0 Å². The molecule has 1 aliphatic rings. The third-order valence-electron chi connectivity index (χ3n) is 4.60. The van der Waals surface area contributed by atoms with Crippen LogP contribution in [0.25, 0.3) is 0 Å². The monoisotopic (exact) mass is 435 g/mol. The molecule has 0 atom stereocenters. The van der Waals surface area contributed by atoms with Gasteiger partial charge < -0.3 is 20.5 Å². The van der Waals surface area contributed by atoms with E-state index in [2.05, 4.69) is 10.0 Å². The van der Waals surface area contributed by atoms with Crippen LogP contribution in [0, 0.1) is 0 Å². The second-order valence-electron chi connectivity index (χ2n) is 6.54. The zero-order valence-corrected chi connectivity index (χ0v) is 18.0. The molecular formula is C18H30ClN3O5S. The SMILES string of the molecule is CCOc1ccc(S(=O)(=O)NCC(=O)NC2(CN)CCCC2)cc1OCC.Cl. The van der Waals surface area contributed by atoms with E-state index in [4.69, 9.17) is 15.2 Å². The number of sulfonamides is 1. The Labute approximate surface area is 173 Å². The number of ether oxygens (including phenoxy) is 2. The predicted molar refractivity (Wildman–Crippen MR) is 110 cm³/mol. The van der Waals surface area contributed by atoms with Crippen molar-refractivity contribution in [3.8, 4) is 11.5 Å². The minimum absolute atomic E-state index is 0. The lowest BCUT2D eigenvalue weighted by Gasteiger charge is -2.28. The van der Waals surface area contributed by atoms with Gasteiger partial charge in [-0.1, -0.05) is 12.8 Å². The summed E-state index contributed by atoms with van der Waals surface area (Å²) in [5.41, 5.74) is 5.38. The van der Waals surface area contributed by atoms with Gasteiger partial charge in [-0.25, -0.2) is 13.1 Å². The first kappa shape index (κ1) is 24.5. The molecule has 8 nitrogen and oxygen atoms in total. The summed E-state index contributed by atoms with van der Waals surface area (Å²) in [6.07, 6.45) is 3.66. The highest BCUT2D eigenvalue weighted by atomic mass is 35.5. The van der Waals surface area contributed by atoms with Crippen molar-refractivity contribution in [3.05, 3.63) is 18.2 Å². The number of rotatable bonds is 10. The van der Waals surface area contributed by atoms with Gasteiger partial charge in [0.2, 0.25) is 15.9 Å². The molecular weight excluding hydrogens is 406 g/mol. The smallest absolute Gasteiger partial charge is 0.241 e. The van der Waals surface area contributed by atoms with Crippen molar-refractivity contribution in [2.75, 3.05) is 26.3 Å². The van der Waals surface area contributed by atoms with Crippen LogP contribution in [0.15, 0.2) is 23.1 Å². The van der Waals surface area contributed by atoms with Crippen LogP contribution in [0.5, 0.6) is 11.5 Å². The van der Waals surface area contributed by atoms with E-state index in [-0.39, 0.29) is 29.8 Å². The van der Waals surface area contributed by atoms with Crippen LogP contribution in [0.4, 0.5) is 0 Å². The van der Waals surface area contributed by atoms with Gasteiger partial charge in [0.1, 0.15) is 0 Å². The van der Waals surface area contributed by atoms with Gasteiger partial charge in [-0.2, -0.15) is 0 Å². The summed E-state index contributed by atoms with van der Waals surface area (Å²) in [6, 6.07) is 4.37. The Morgan fingerprint density at radius 2 is 1.75 bits per heavy atom. The molecule has 1 saturated carbocycles. The summed E-state index contributed by atoms with van der Waals surface area (Å²) in [6.45, 7) is 4.45. The molecule has 1 aliphatic carbocycles. The van der Waals surface area contributed by atoms with Crippen molar-refractivity contribution < 1.29 is 22.7 Å². The van der Waals surface area contributed by atoms with E-state index in [1.54, 1.807) is 13.0 Å². The lowest BCUT2D eigenvalue weighted by molar-refractivity contribution is -0.121. The number of benzene rings is 1. The lowest BCUT2D eigenvalue weighted by atomic mass is 9.98. The fraction of sp³-hybridized carbons (Fsp3) is 0.611. The molecule has 160 valence electrons. The Hall–Kier alpha value is -1.55. The highest BCUT2D eigenvalue weighted by Crippen LogP contribution is 2.30. The van der Waals surface area contributed by atoms with E-state index < -0.39 is 15.6 Å². The number of carbonyl (C=O) groups is 1. The molecule has 28 heavy (non-hydrogen) atoms. The Bertz CT molecular complexity index is 752. The second-order valence-corrected chi connectivity index (χ2v) is 8.31. The Kier molecular flexibility index (Phi) is 9.49. The fourth-order valence-electron chi connectivity index (χ4n) is 3.21. The zero-order valence-electron chi connectivity index (χ0n) is 16.3. The lowest BCUT2D eigenvalue weighted by Crippen LogP contribution is -2.54. The first-order chi connectivity index (χ1) is 12.9. The number of hydrogen-bond donors (Lipinski definition) is 3. The summed E-state index contributed by atoms with van der Waals surface area (Å²) in [5, 5.41) is 2.89. The quantitative estimate of drug-likeness (QED) is 0.513. The van der Waals surface area contributed by atoms with Crippen LogP contribution in [0.1, 0.15) is 39.5 Å². The van der Waals surface area contributed by atoms with Gasteiger partial charge in [0, 0.05) is 12.6 Å². The molecule has 0 aromatic heterocycles.